The van der Waals surface area contributed by atoms with Crippen LogP contribution < -0.4 is 14.8 Å². The fourth-order valence-corrected chi connectivity index (χ4v) is 2.32. The third kappa shape index (κ3) is 5.42. The average molecular weight is 390 g/mol. The molecule has 1 N–H and O–H groups in total. The van der Waals surface area contributed by atoms with E-state index in [0.717, 1.165) is 15.7 Å². The molecule has 0 unspecified atom stereocenters. The van der Waals surface area contributed by atoms with Crippen molar-refractivity contribution in [2.45, 2.75) is 13.8 Å². The molecule has 2 aromatic carbocycles. The van der Waals surface area contributed by atoms with Gasteiger partial charge in [-0.25, -0.2) is 0 Å². The fourth-order valence-electron chi connectivity index (χ4n) is 2.06. The van der Waals surface area contributed by atoms with E-state index in [0.29, 0.717) is 24.7 Å². The van der Waals surface area contributed by atoms with Crippen molar-refractivity contribution in [3.05, 3.63) is 58.6 Å². The van der Waals surface area contributed by atoms with Crippen LogP contribution in [0.2, 0.25) is 0 Å². The first-order chi connectivity index (χ1) is 11.6. The van der Waals surface area contributed by atoms with Gasteiger partial charge in [0.1, 0.15) is 0 Å². The Hall–Kier alpha value is -2.27. The highest BCUT2D eigenvalue weighted by atomic mass is 79.9. The van der Waals surface area contributed by atoms with Crippen LogP contribution >= 0.6 is 15.9 Å². The summed E-state index contributed by atoms with van der Waals surface area (Å²) in [4.78, 5) is 12.0. The number of hydrogen-bond acceptors (Lipinski definition) is 3. The van der Waals surface area contributed by atoms with Crippen molar-refractivity contribution in [2.24, 2.45) is 0 Å². The molecule has 0 saturated heterocycles. The number of nitrogens with one attached hydrogen (secondary N) is 1. The van der Waals surface area contributed by atoms with Gasteiger partial charge in [0, 0.05) is 16.2 Å². The lowest BCUT2D eigenvalue weighted by Crippen LogP contribution is -2.07. The molecule has 0 spiro atoms. The fraction of sp³-hybridized carbons (Fsp3) is 0.211. The summed E-state index contributed by atoms with van der Waals surface area (Å²) in [5.41, 5.74) is 1.61. The lowest BCUT2D eigenvalue weighted by atomic mass is 10.2. The third-order valence-corrected chi connectivity index (χ3v) is 3.64. The van der Waals surface area contributed by atoms with Crippen molar-refractivity contribution in [3.8, 4) is 11.5 Å². The van der Waals surface area contributed by atoms with E-state index in [1.54, 1.807) is 6.08 Å². The minimum atomic E-state index is -0.191. The Kier molecular flexibility index (Phi) is 6.88. The van der Waals surface area contributed by atoms with Gasteiger partial charge in [0.2, 0.25) is 5.91 Å². The minimum absolute atomic E-state index is 0.191. The van der Waals surface area contributed by atoms with Crippen LogP contribution in [0.15, 0.2) is 53.0 Å². The molecule has 0 aromatic heterocycles. The van der Waals surface area contributed by atoms with E-state index < -0.39 is 0 Å². The van der Waals surface area contributed by atoms with Crippen molar-refractivity contribution >= 4 is 33.6 Å². The van der Waals surface area contributed by atoms with E-state index >= 15 is 0 Å². The van der Waals surface area contributed by atoms with E-state index in [4.69, 9.17) is 9.47 Å². The van der Waals surface area contributed by atoms with Crippen LogP contribution in [0.25, 0.3) is 6.08 Å². The van der Waals surface area contributed by atoms with Gasteiger partial charge in [0.15, 0.2) is 11.5 Å². The second kappa shape index (κ2) is 9.13. The normalized spacial score (nSPS) is 10.6. The molecular weight excluding hydrogens is 370 g/mol. The van der Waals surface area contributed by atoms with E-state index in [9.17, 15) is 4.79 Å². The molecule has 2 aromatic rings. The number of carbonyl (C=O) groups excluding carboxylic acids is 1. The summed E-state index contributed by atoms with van der Waals surface area (Å²) in [6.45, 7) is 4.97. The predicted molar refractivity (Wildman–Crippen MR) is 101 cm³/mol. The van der Waals surface area contributed by atoms with Gasteiger partial charge < -0.3 is 14.8 Å². The van der Waals surface area contributed by atoms with Crippen molar-refractivity contribution in [1.29, 1.82) is 0 Å². The van der Waals surface area contributed by atoms with Crippen LogP contribution in [0.1, 0.15) is 19.4 Å². The summed E-state index contributed by atoms with van der Waals surface area (Å²) < 4.78 is 12.1. The molecule has 0 aliphatic heterocycles. The van der Waals surface area contributed by atoms with Gasteiger partial charge in [-0.15, -0.1) is 0 Å². The van der Waals surface area contributed by atoms with Crippen LogP contribution in [0.5, 0.6) is 11.5 Å². The highest BCUT2D eigenvalue weighted by Crippen LogP contribution is 2.29. The first kappa shape index (κ1) is 18.1. The highest BCUT2D eigenvalue weighted by molar-refractivity contribution is 9.10. The van der Waals surface area contributed by atoms with Crippen LogP contribution in [0, 0.1) is 0 Å². The Morgan fingerprint density at radius 2 is 1.71 bits per heavy atom. The Labute approximate surface area is 150 Å². The number of halogens is 1. The van der Waals surface area contributed by atoms with Gasteiger partial charge in [-0.1, -0.05) is 22.0 Å². The minimum Gasteiger partial charge on any atom is -0.490 e. The molecule has 2 rings (SSSR count). The molecule has 0 atom stereocenters. The largest absolute Gasteiger partial charge is 0.490 e. The third-order valence-electron chi connectivity index (χ3n) is 3.11. The molecule has 5 heteroatoms. The van der Waals surface area contributed by atoms with Gasteiger partial charge in [-0.3, -0.25) is 4.79 Å². The van der Waals surface area contributed by atoms with E-state index in [1.165, 1.54) is 6.08 Å². The maximum atomic E-state index is 12.0. The standard InChI is InChI=1S/C19H20BrNO3/c1-3-23-17-11-5-14(13-18(17)24-4-2)6-12-19(22)21-16-9-7-15(20)8-10-16/h5-13H,3-4H2,1-2H3,(H,21,22). The molecule has 0 bridgehead atoms. The van der Waals surface area contributed by atoms with Crippen molar-refractivity contribution in [3.63, 3.8) is 0 Å². The summed E-state index contributed by atoms with van der Waals surface area (Å²) in [6.07, 6.45) is 3.24. The Morgan fingerprint density at radius 3 is 2.38 bits per heavy atom. The maximum absolute atomic E-state index is 12.0. The maximum Gasteiger partial charge on any atom is 0.248 e. The molecule has 0 saturated carbocycles. The summed E-state index contributed by atoms with van der Waals surface area (Å²) >= 11 is 3.36. The molecular formula is C19H20BrNO3. The number of carbonyl (C=O) groups is 1. The number of rotatable bonds is 7. The number of benzene rings is 2. The highest BCUT2D eigenvalue weighted by Gasteiger charge is 2.05. The molecule has 24 heavy (non-hydrogen) atoms. The quantitative estimate of drug-likeness (QED) is 0.685. The molecule has 126 valence electrons. The zero-order chi connectivity index (χ0) is 17.4. The van der Waals surface area contributed by atoms with Gasteiger partial charge in [0.05, 0.1) is 13.2 Å². The first-order valence-electron chi connectivity index (χ1n) is 7.76. The van der Waals surface area contributed by atoms with Gasteiger partial charge in [0.25, 0.3) is 0 Å². The van der Waals surface area contributed by atoms with Crippen LogP contribution in [0.3, 0.4) is 0 Å². The lowest BCUT2D eigenvalue weighted by Gasteiger charge is -2.11. The molecule has 0 heterocycles. The molecule has 4 nitrogen and oxygen atoms in total. The van der Waals surface area contributed by atoms with E-state index in [1.807, 2.05) is 56.3 Å². The van der Waals surface area contributed by atoms with Crippen LogP contribution in [-0.4, -0.2) is 19.1 Å². The van der Waals surface area contributed by atoms with Crippen LogP contribution in [-0.2, 0) is 4.79 Å². The first-order valence-corrected chi connectivity index (χ1v) is 8.56. The molecule has 0 aliphatic rings. The van der Waals surface area contributed by atoms with Crippen LogP contribution in [0.4, 0.5) is 5.69 Å². The summed E-state index contributed by atoms with van der Waals surface area (Å²) in [5.74, 6) is 1.19. The van der Waals surface area contributed by atoms with Crippen molar-refractivity contribution in [2.75, 3.05) is 18.5 Å². The monoisotopic (exact) mass is 389 g/mol. The van der Waals surface area contributed by atoms with E-state index in [2.05, 4.69) is 21.2 Å². The summed E-state index contributed by atoms with van der Waals surface area (Å²) in [5, 5.41) is 2.81. The number of hydrogen-bond donors (Lipinski definition) is 1. The van der Waals surface area contributed by atoms with E-state index in [-0.39, 0.29) is 5.91 Å². The predicted octanol–water partition coefficient (Wildman–Crippen LogP) is 4.90. The molecule has 0 aliphatic carbocycles. The lowest BCUT2D eigenvalue weighted by molar-refractivity contribution is -0.111. The van der Waals surface area contributed by atoms with Crippen molar-refractivity contribution in [1.82, 2.24) is 0 Å². The summed E-state index contributed by atoms with van der Waals surface area (Å²) in [6, 6.07) is 13.0. The second-order valence-corrected chi connectivity index (χ2v) is 5.82. The average Bonchev–Trinajstić information content (AvgIpc) is 2.57. The Balaban J connectivity index is 2.05. The smallest absolute Gasteiger partial charge is 0.248 e. The van der Waals surface area contributed by atoms with Crippen molar-refractivity contribution < 1.29 is 14.3 Å². The molecule has 0 fully saturated rings. The van der Waals surface area contributed by atoms with Gasteiger partial charge in [-0.2, -0.15) is 0 Å². The zero-order valence-corrected chi connectivity index (χ0v) is 15.3. The number of ether oxygens (including phenoxy) is 2. The second-order valence-electron chi connectivity index (χ2n) is 4.90. The number of anilines is 1. The molecule has 0 radical (unpaired) electrons. The number of amides is 1. The Morgan fingerprint density at radius 1 is 1.04 bits per heavy atom. The summed E-state index contributed by atoms with van der Waals surface area (Å²) in [7, 11) is 0. The SMILES string of the molecule is CCOc1ccc(C=CC(=O)Nc2ccc(Br)cc2)cc1OCC. The topological polar surface area (TPSA) is 47.6 Å². The Bertz CT molecular complexity index is 711. The van der Waals surface area contributed by atoms with Gasteiger partial charge in [-0.05, 0) is 61.9 Å². The zero-order valence-electron chi connectivity index (χ0n) is 13.7. The van der Waals surface area contributed by atoms with Gasteiger partial charge >= 0.3 is 0 Å². The molecule has 1 amide bonds.